The minimum absolute atomic E-state index is 0.165. The molecule has 1 aromatic heterocycles. The zero-order valence-electron chi connectivity index (χ0n) is 11.6. The summed E-state index contributed by atoms with van der Waals surface area (Å²) in [5.41, 5.74) is 1.73. The maximum Gasteiger partial charge on any atom is 0.335 e. The van der Waals surface area contributed by atoms with Crippen molar-refractivity contribution in [1.29, 1.82) is 0 Å². The summed E-state index contributed by atoms with van der Waals surface area (Å²) in [7, 11) is 1.80. The molecule has 0 radical (unpaired) electrons. The van der Waals surface area contributed by atoms with Crippen molar-refractivity contribution in [2.24, 2.45) is 7.05 Å². The lowest BCUT2D eigenvalue weighted by Gasteiger charge is -2.09. The van der Waals surface area contributed by atoms with Crippen LogP contribution in [0.2, 0.25) is 5.02 Å². The van der Waals surface area contributed by atoms with E-state index in [2.05, 4.69) is 21.0 Å². The van der Waals surface area contributed by atoms with E-state index in [9.17, 15) is 4.79 Å². The molecular weight excluding hydrogens is 360 g/mol. The van der Waals surface area contributed by atoms with Crippen LogP contribution in [0.4, 0.5) is 0 Å². The second kappa shape index (κ2) is 6.49. The number of ether oxygens (including phenoxy) is 1. The SMILES string of the molecule is CCc1nn(C)c(COc2cc(C(=O)O)ccc2Br)c1Cl. The molecule has 0 amide bonds. The number of aromatic nitrogens is 2. The van der Waals surface area contributed by atoms with E-state index < -0.39 is 5.97 Å². The Kier molecular flexibility index (Phi) is 4.90. The van der Waals surface area contributed by atoms with E-state index in [4.69, 9.17) is 21.4 Å². The number of nitrogens with zero attached hydrogens (tertiary/aromatic N) is 2. The molecule has 1 heterocycles. The third-order valence-electron chi connectivity index (χ3n) is 3.05. The number of carboxylic acids is 1. The maximum absolute atomic E-state index is 11.0. The van der Waals surface area contributed by atoms with Crippen molar-refractivity contribution in [3.63, 3.8) is 0 Å². The number of carboxylic acid groups (broad SMARTS) is 1. The highest BCUT2D eigenvalue weighted by molar-refractivity contribution is 9.10. The first-order valence-corrected chi connectivity index (χ1v) is 7.47. The molecule has 5 nitrogen and oxygen atoms in total. The quantitative estimate of drug-likeness (QED) is 0.868. The summed E-state index contributed by atoms with van der Waals surface area (Å²) in [5.74, 6) is -0.551. The maximum atomic E-state index is 11.0. The fraction of sp³-hybridized carbons (Fsp3) is 0.286. The first-order chi connectivity index (χ1) is 9.93. The molecule has 1 aromatic carbocycles. The number of hydrogen-bond acceptors (Lipinski definition) is 3. The van der Waals surface area contributed by atoms with Crippen LogP contribution in [0.1, 0.15) is 28.7 Å². The Morgan fingerprint density at radius 1 is 1.52 bits per heavy atom. The van der Waals surface area contributed by atoms with Crippen molar-refractivity contribution in [3.05, 3.63) is 44.6 Å². The van der Waals surface area contributed by atoms with Gasteiger partial charge in [0, 0.05) is 7.05 Å². The molecule has 0 atom stereocenters. The van der Waals surface area contributed by atoms with Gasteiger partial charge in [0.25, 0.3) is 0 Å². The summed E-state index contributed by atoms with van der Waals surface area (Å²) in [6, 6.07) is 4.62. The van der Waals surface area contributed by atoms with E-state index in [1.165, 1.54) is 12.1 Å². The van der Waals surface area contributed by atoms with Crippen LogP contribution < -0.4 is 4.74 Å². The molecule has 0 unspecified atom stereocenters. The second-order valence-electron chi connectivity index (χ2n) is 4.42. The fourth-order valence-corrected chi connectivity index (χ4v) is 2.58. The smallest absolute Gasteiger partial charge is 0.335 e. The molecule has 21 heavy (non-hydrogen) atoms. The summed E-state index contributed by atoms with van der Waals surface area (Å²) in [4.78, 5) is 11.0. The first-order valence-electron chi connectivity index (χ1n) is 6.30. The van der Waals surface area contributed by atoms with Gasteiger partial charge in [0.2, 0.25) is 0 Å². The minimum Gasteiger partial charge on any atom is -0.486 e. The number of benzene rings is 1. The molecule has 0 aliphatic rings. The largest absolute Gasteiger partial charge is 0.486 e. The summed E-state index contributed by atoms with van der Waals surface area (Å²) in [6.07, 6.45) is 0.741. The van der Waals surface area contributed by atoms with Crippen LogP contribution >= 0.6 is 27.5 Å². The van der Waals surface area contributed by atoms with E-state index in [1.54, 1.807) is 17.8 Å². The Bertz CT molecular complexity index is 685. The summed E-state index contributed by atoms with van der Waals surface area (Å²) in [6.45, 7) is 2.19. The summed E-state index contributed by atoms with van der Waals surface area (Å²) >= 11 is 9.58. The molecule has 0 bridgehead atoms. The molecule has 0 aliphatic carbocycles. The van der Waals surface area contributed by atoms with Gasteiger partial charge in [-0.1, -0.05) is 18.5 Å². The highest BCUT2D eigenvalue weighted by Crippen LogP contribution is 2.28. The van der Waals surface area contributed by atoms with Gasteiger partial charge >= 0.3 is 5.97 Å². The standard InChI is InChI=1S/C14H14BrClN2O3/c1-3-10-13(16)11(18(2)17-10)7-21-12-6-8(14(19)20)4-5-9(12)15/h4-6H,3,7H2,1-2H3,(H,19,20). The van der Waals surface area contributed by atoms with Crippen LogP contribution in [0.15, 0.2) is 22.7 Å². The Balaban J connectivity index is 2.22. The normalized spacial score (nSPS) is 10.7. The van der Waals surface area contributed by atoms with Gasteiger partial charge in [-0.25, -0.2) is 4.79 Å². The highest BCUT2D eigenvalue weighted by Gasteiger charge is 2.15. The highest BCUT2D eigenvalue weighted by atomic mass is 79.9. The zero-order chi connectivity index (χ0) is 15.6. The van der Waals surface area contributed by atoms with E-state index >= 15 is 0 Å². The number of rotatable bonds is 5. The first kappa shape index (κ1) is 15.9. The molecule has 0 aliphatic heterocycles. The molecule has 112 valence electrons. The Hall–Kier alpha value is -1.53. The molecule has 2 rings (SSSR count). The predicted octanol–water partition coefficient (Wildman–Crippen LogP) is 3.68. The van der Waals surface area contributed by atoms with Crippen molar-refractivity contribution in [2.45, 2.75) is 20.0 Å². The Labute approximate surface area is 135 Å². The van der Waals surface area contributed by atoms with Crippen LogP contribution in [0, 0.1) is 0 Å². The number of aryl methyl sites for hydroxylation is 2. The van der Waals surface area contributed by atoms with Crippen molar-refractivity contribution in [2.75, 3.05) is 0 Å². The van der Waals surface area contributed by atoms with Gasteiger partial charge in [-0.3, -0.25) is 4.68 Å². The van der Waals surface area contributed by atoms with Gasteiger partial charge < -0.3 is 9.84 Å². The van der Waals surface area contributed by atoms with Crippen LogP contribution in [0.5, 0.6) is 5.75 Å². The molecule has 0 spiro atoms. The lowest BCUT2D eigenvalue weighted by atomic mass is 10.2. The van der Waals surface area contributed by atoms with Crippen molar-refractivity contribution in [3.8, 4) is 5.75 Å². The molecule has 1 N–H and O–H groups in total. The van der Waals surface area contributed by atoms with Crippen molar-refractivity contribution in [1.82, 2.24) is 9.78 Å². The zero-order valence-corrected chi connectivity index (χ0v) is 13.9. The van der Waals surface area contributed by atoms with Gasteiger partial charge in [0.1, 0.15) is 12.4 Å². The summed E-state index contributed by atoms with van der Waals surface area (Å²) in [5, 5.41) is 13.9. The third-order valence-corrected chi connectivity index (χ3v) is 4.14. The lowest BCUT2D eigenvalue weighted by Crippen LogP contribution is -2.05. The monoisotopic (exact) mass is 372 g/mol. The van der Waals surface area contributed by atoms with Crippen LogP contribution in [-0.2, 0) is 20.1 Å². The average molecular weight is 374 g/mol. The molecule has 0 saturated carbocycles. The van der Waals surface area contributed by atoms with Crippen molar-refractivity contribution >= 4 is 33.5 Å². The van der Waals surface area contributed by atoms with Crippen LogP contribution in [-0.4, -0.2) is 20.9 Å². The lowest BCUT2D eigenvalue weighted by molar-refractivity contribution is 0.0696. The van der Waals surface area contributed by atoms with E-state index in [0.29, 0.717) is 15.2 Å². The average Bonchev–Trinajstić information content (AvgIpc) is 2.72. The van der Waals surface area contributed by atoms with Gasteiger partial charge in [-0.2, -0.15) is 5.10 Å². The van der Waals surface area contributed by atoms with E-state index in [1.807, 2.05) is 6.92 Å². The van der Waals surface area contributed by atoms with Crippen molar-refractivity contribution < 1.29 is 14.6 Å². The van der Waals surface area contributed by atoms with E-state index in [-0.39, 0.29) is 12.2 Å². The van der Waals surface area contributed by atoms with E-state index in [0.717, 1.165) is 17.8 Å². The molecule has 2 aromatic rings. The molecule has 0 saturated heterocycles. The number of carbonyl (C=O) groups is 1. The topological polar surface area (TPSA) is 64.4 Å². The van der Waals surface area contributed by atoms with Gasteiger partial charge in [0.05, 0.1) is 26.4 Å². The molecular formula is C14H14BrClN2O3. The minimum atomic E-state index is -1.00. The third kappa shape index (κ3) is 3.39. The molecule has 7 heteroatoms. The number of halogens is 2. The number of aromatic carboxylic acids is 1. The van der Waals surface area contributed by atoms with Gasteiger partial charge in [-0.05, 0) is 40.5 Å². The van der Waals surface area contributed by atoms with Gasteiger partial charge in [0.15, 0.2) is 0 Å². The Morgan fingerprint density at radius 3 is 2.81 bits per heavy atom. The number of hydrogen-bond donors (Lipinski definition) is 1. The Morgan fingerprint density at radius 2 is 2.24 bits per heavy atom. The molecule has 0 fully saturated rings. The predicted molar refractivity (Wildman–Crippen MR) is 83.0 cm³/mol. The summed E-state index contributed by atoms with van der Waals surface area (Å²) < 4.78 is 8.04. The van der Waals surface area contributed by atoms with Crippen LogP contribution in [0.25, 0.3) is 0 Å². The second-order valence-corrected chi connectivity index (χ2v) is 5.66. The van der Waals surface area contributed by atoms with Gasteiger partial charge in [-0.15, -0.1) is 0 Å². The van der Waals surface area contributed by atoms with Crippen LogP contribution in [0.3, 0.4) is 0 Å². The fourth-order valence-electron chi connectivity index (χ4n) is 1.87.